The van der Waals surface area contributed by atoms with Gasteiger partial charge in [0.1, 0.15) is 5.75 Å². The monoisotopic (exact) mass is 409 g/mol. The van der Waals surface area contributed by atoms with Gasteiger partial charge < -0.3 is 10.1 Å². The molecule has 1 aromatic carbocycles. The molecular formula is C19H27N3O5S. The van der Waals surface area contributed by atoms with Gasteiger partial charge in [-0.25, -0.2) is 12.7 Å². The number of para-hydroxylation sites is 1. The molecule has 2 aliphatic heterocycles. The average Bonchev–Trinajstić information content (AvgIpc) is 3.02. The summed E-state index contributed by atoms with van der Waals surface area (Å²) in [4.78, 5) is 26.9. The Bertz CT molecular complexity index is 812. The fourth-order valence-electron chi connectivity index (χ4n) is 3.63. The predicted molar refractivity (Wildman–Crippen MR) is 104 cm³/mol. The van der Waals surface area contributed by atoms with Crippen LogP contribution in [0.4, 0.5) is 0 Å². The summed E-state index contributed by atoms with van der Waals surface area (Å²) in [5.74, 6) is -0.0613. The Balaban J connectivity index is 1.59. The normalized spacial score (nSPS) is 24.7. The number of benzene rings is 1. The van der Waals surface area contributed by atoms with Crippen molar-refractivity contribution >= 4 is 21.8 Å². The zero-order chi connectivity index (χ0) is 20.3. The lowest BCUT2D eigenvalue weighted by Gasteiger charge is -2.25. The van der Waals surface area contributed by atoms with Crippen molar-refractivity contribution in [3.63, 3.8) is 0 Å². The first-order chi connectivity index (χ1) is 13.3. The lowest BCUT2D eigenvalue weighted by Crippen LogP contribution is -2.45. The van der Waals surface area contributed by atoms with Crippen molar-refractivity contribution in [3.8, 4) is 5.75 Å². The average molecular weight is 410 g/mol. The van der Waals surface area contributed by atoms with E-state index in [0.29, 0.717) is 25.3 Å². The molecule has 154 valence electrons. The highest BCUT2D eigenvalue weighted by Crippen LogP contribution is 2.25. The van der Waals surface area contributed by atoms with Crippen LogP contribution in [-0.4, -0.2) is 73.5 Å². The summed E-state index contributed by atoms with van der Waals surface area (Å²) in [5, 5.41) is 2.90. The molecule has 2 amide bonds. The van der Waals surface area contributed by atoms with Crippen LogP contribution >= 0.6 is 0 Å². The number of carbonyl (C=O) groups is 2. The third-order valence-corrected chi connectivity index (χ3v) is 6.61. The molecule has 0 unspecified atom stereocenters. The van der Waals surface area contributed by atoms with Gasteiger partial charge in [0.05, 0.1) is 11.8 Å². The summed E-state index contributed by atoms with van der Waals surface area (Å²) in [6.45, 7) is 4.60. The molecule has 1 N–H and O–H groups in total. The zero-order valence-corrected chi connectivity index (χ0v) is 17.0. The highest BCUT2D eigenvalue weighted by molar-refractivity contribution is 7.89. The van der Waals surface area contributed by atoms with Gasteiger partial charge in [-0.3, -0.25) is 14.5 Å². The molecule has 0 aliphatic carbocycles. The van der Waals surface area contributed by atoms with Crippen molar-refractivity contribution in [2.45, 2.75) is 32.4 Å². The minimum Gasteiger partial charge on any atom is -0.484 e. The number of ether oxygens (including phenoxy) is 1. The molecule has 2 aliphatic rings. The molecule has 2 saturated heterocycles. The third kappa shape index (κ3) is 4.82. The third-order valence-electron chi connectivity index (χ3n) is 4.92. The molecule has 2 atom stereocenters. The van der Waals surface area contributed by atoms with Gasteiger partial charge in [-0.15, -0.1) is 0 Å². The molecule has 3 rings (SSSR count). The SMILES string of the molecule is CC(C)CN1C(=O)[C@@H]2C[C@H](NC(=O)COc3ccccc3)CN2CCS1(=O)=O. The summed E-state index contributed by atoms with van der Waals surface area (Å²) in [5.41, 5.74) is 0. The largest absolute Gasteiger partial charge is 0.484 e. The second-order valence-electron chi connectivity index (χ2n) is 7.69. The Kier molecular flexibility index (Phi) is 6.24. The number of nitrogens with one attached hydrogen (secondary N) is 1. The molecule has 0 bridgehead atoms. The van der Waals surface area contributed by atoms with E-state index in [-0.39, 0.29) is 42.7 Å². The van der Waals surface area contributed by atoms with Crippen LogP contribution < -0.4 is 10.1 Å². The number of hydrogen-bond donors (Lipinski definition) is 1. The lowest BCUT2D eigenvalue weighted by molar-refractivity contribution is -0.131. The number of nitrogens with zero attached hydrogens (tertiary/aromatic N) is 2. The van der Waals surface area contributed by atoms with Gasteiger partial charge in [-0.2, -0.15) is 0 Å². The Morgan fingerprint density at radius 1 is 1.29 bits per heavy atom. The van der Waals surface area contributed by atoms with Crippen molar-refractivity contribution in [2.75, 3.05) is 32.0 Å². The van der Waals surface area contributed by atoms with Crippen LogP contribution in [0, 0.1) is 5.92 Å². The summed E-state index contributed by atoms with van der Waals surface area (Å²) >= 11 is 0. The van der Waals surface area contributed by atoms with E-state index in [0.717, 1.165) is 4.31 Å². The van der Waals surface area contributed by atoms with Crippen LogP contribution in [0.15, 0.2) is 30.3 Å². The first kappa shape index (κ1) is 20.6. The van der Waals surface area contributed by atoms with Crippen LogP contribution in [0.3, 0.4) is 0 Å². The van der Waals surface area contributed by atoms with Crippen molar-refractivity contribution in [2.24, 2.45) is 5.92 Å². The number of fused-ring (bicyclic) bond motifs is 1. The van der Waals surface area contributed by atoms with Crippen molar-refractivity contribution < 1.29 is 22.7 Å². The van der Waals surface area contributed by atoms with Gasteiger partial charge in [0.15, 0.2) is 6.61 Å². The summed E-state index contributed by atoms with van der Waals surface area (Å²) in [6, 6.07) is 8.34. The molecule has 0 aromatic heterocycles. The maximum Gasteiger partial charge on any atom is 0.258 e. The van der Waals surface area contributed by atoms with E-state index in [4.69, 9.17) is 4.74 Å². The molecular weight excluding hydrogens is 382 g/mol. The Labute approximate surface area is 165 Å². The van der Waals surface area contributed by atoms with E-state index in [1.807, 2.05) is 36.9 Å². The van der Waals surface area contributed by atoms with Gasteiger partial charge >= 0.3 is 0 Å². The fourth-order valence-corrected chi connectivity index (χ4v) is 5.24. The van der Waals surface area contributed by atoms with E-state index in [1.54, 1.807) is 12.1 Å². The molecule has 9 heteroatoms. The zero-order valence-electron chi connectivity index (χ0n) is 16.2. The number of hydrogen-bond acceptors (Lipinski definition) is 6. The Morgan fingerprint density at radius 3 is 2.68 bits per heavy atom. The Hall–Kier alpha value is -2.13. The van der Waals surface area contributed by atoms with Gasteiger partial charge in [-0.05, 0) is 24.5 Å². The van der Waals surface area contributed by atoms with E-state index < -0.39 is 16.1 Å². The quantitative estimate of drug-likeness (QED) is 0.733. The van der Waals surface area contributed by atoms with Gasteiger partial charge in [0, 0.05) is 25.7 Å². The standard InChI is InChI=1S/C19H27N3O5S/c1-14(2)11-22-19(24)17-10-15(12-21(17)8-9-28(22,25)26)20-18(23)13-27-16-6-4-3-5-7-16/h3-7,14-15,17H,8-13H2,1-2H3,(H,20,23)/t15-,17-/m0/s1. The number of rotatable bonds is 6. The van der Waals surface area contributed by atoms with Gasteiger partial charge in [0.25, 0.3) is 11.8 Å². The maximum absolute atomic E-state index is 12.9. The molecule has 2 fully saturated rings. The van der Waals surface area contributed by atoms with Crippen molar-refractivity contribution in [1.82, 2.24) is 14.5 Å². The molecule has 0 spiro atoms. The van der Waals surface area contributed by atoms with Crippen LogP contribution in [-0.2, 0) is 19.6 Å². The lowest BCUT2D eigenvalue weighted by atomic mass is 10.1. The predicted octanol–water partition coefficient (Wildman–Crippen LogP) is 0.453. The van der Waals surface area contributed by atoms with Crippen LogP contribution in [0.1, 0.15) is 20.3 Å². The molecule has 0 radical (unpaired) electrons. The summed E-state index contributed by atoms with van der Waals surface area (Å²) in [6.07, 6.45) is 0.403. The second kappa shape index (κ2) is 8.48. The van der Waals surface area contributed by atoms with E-state index in [2.05, 4.69) is 5.32 Å². The van der Waals surface area contributed by atoms with Crippen LogP contribution in [0.5, 0.6) is 5.75 Å². The number of carbonyl (C=O) groups excluding carboxylic acids is 2. The molecule has 0 saturated carbocycles. The van der Waals surface area contributed by atoms with Gasteiger partial charge in [-0.1, -0.05) is 32.0 Å². The highest BCUT2D eigenvalue weighted by Gasteiger charge is 2.45. The maximum atomic E-state index is 12.9. The number of sulfonamides is 1. The number of amides is 2. The van der Waals surface area contributed by atoms with Crippen LogP contribution in [0.25, 0.3) is 0 Å². The Morgan fingerprint density at radius 2 is 2.00 bits per heavy atom. The molecule has 28 heavy (non-hydrogen) atoms. The second-order valence-corrected chi connectivity index (χ2v) is 9.70. The minimum atomic E-state index is -3.59. The molecule has 2 heterocycles. The van der Waals surface area contributed by atoms with Crippen molar-refractivity contribution in [3.05, 3.63) is 30.3 Å². The van der Waals surface area contributed by atoms with Gasteiger partial charge in [0.2, 0.25) is 10.0 Å². The van der Waals surface area contributed by atoms with Crippen molar-refractivity contribution in [1.29, 1.82) is 0 Å². The van der Waals surface area contributed by atoms with E-state index in [9.17, 15) is 18.0 Å². The first-order valence-corrected chi connectivity index (χ1v) is 11.1. The summed E-state index contributed by atoms with van der Waals surface area (Å²) < 4.78 is 31.4. The van der Waals surface area contributed by atoms with E-state index in [1.165, 1.54) is 0 Å². The van der Waals surface area contributed by atoms with E-state index >= 15 is 0 Å². The molecule has 1 aromatic rings. The molecule has 8 nitrogen and oxygen atoms in total. The first-order valence-electron chi connectivity index (χ1n) is 9.52. The smallest absolute Gasteiger partial charge is 0.258 e. The fraction of sp³-hybridized carbons (Fsp3) is 0.579. The minimum absolute atomic E-state index is 0.0531. The van der Waals surface area contributed by atoms with Crippen LogP contribution in [0.2, 0.25) is 0 Å². The summed E-state index contributed by atoms with van der Waals surface area (Å²) in [7, 11) is -3.59. The highest BCUT2D eigenvalue weighted by atomic mass is 32.2. The topological polar surface area (TPSA) is 96.0 Å².